The molecule has 0 bridgehead atoms. The van der Waals surface area contributed by atoms with Crippen molar-refractivity contribution >= 4 is 0 Å². The van der Waals surface area contributed by atoms with Crippen LogP contribution >= 0.6 is 0 Å². The van der Waals surface area contributed by atoms with Gasteiger partial charge in [-0.25, -0.2) is 4.39 Å². The second-order valence-corrected chi connectivity index (χ2v) is 3.83. The van der Waals surface area contributed by atoms with Crippen LogP contribution in [0.4, 0.5) is 4.39 Å². The SMILES string of the molecule is N[C@@H]1CC[C@H](c2cccc(F)c2)C1. The lowest BCUT2D eigenvalue weighted by atomic mass is 9.97. The average molecular weight is 179 g/mol. The van der Waals surface area contributed by atoms with Crippen LogP contribution < -0.4 is 5.73 Å². The lowest BCUT2D eigenvalue weighted by molar-refractivity contribution is 0.616. The Balaban J connectivity index is 2.16. The van der Waals surface area contributed by atoms with Crippen molar-refractivity contribution < 1.29 is 4.39 Å². The van der Waals surface area contributed by atoms with Crippen LogP contribution in [0.1, 0.15) is 30.7 Å². The third-order valence-electron chi connectivity index (χ3n) is 2.79. The lowest BCUT2D eigenvalue weighted by Gasteiger charge is -2.09. The van der Waals surface area contributed by atoms with Gasteiger partial charge in [-0.05, 0) is 42.9 Å². The summed E-state index contributed by atoms with van der Waals surface area (Å²) in [6.07, 6.45) is 3.18. The Bertz CT molecular complexity index is 298. The highest BCUT2D eigenvalue weighted by molar-refractivity contribution is 5.22. The van der Waals surface area contributed by atoms with Crippen LogP contribution in [-0.2, 0) is 0 Å². The third-order valence-corrected chi connectivity index (χ3v) is 2.79. The van der Waals surface area contributed by atoms with E-state index in [0.717, 1.165) is 24.8 Å². The monoisotopic (exact) mass is 179 g/mol. The van der Waals surface area contributed by atoms with E-state index in [2.05, 4.69) is 0 Å². The molecule has 0 amide bonds. The van der Waals surface area contributed by atoms with Gasteiger partial charge in [-0.3, -0.25) is 0 Å². The molecule has 0 unspecified atom stereocenters. The minimum absolute atomic E-state index is 0.141. The van der Waals surface area contributed by atoms with Crippen LogP contribution in [0.5, 0.6) is 0 Å². The minimum atomic E-state index is -0.141. The number of benzene rings is 1. The van der Waals surface area contributed by atoms with E-state index in [4.69, 9.17) is 5.73 Å². The summed E-state index contributed by atoms with van der Waals surface area (Å²) in [6.45, 7) is 0. The summed E-state index contributed by atoms with van der Waals surface area (Å²) < 4.78 is 12.9. The van der Waals surface area contributed by atoms with Gasteiger partial charge >= 0.3 is 0 Å². The molecule has 1 nitrogen and oxygen atoms in total. The summed E-state index contributed by atoms with van der Waals surface area (Å²) >= 11 is 0. The maximum absolute atomic E-state index is 12.9. The van der Waals surface area contributed by atoms with E-state index in [1.807, 2.05) is 6.07 Å². The largest absolute Gasteiger partial charge is 0.328 e. The molecule has 2 N–H and O–H groups in total. The molecule has 1 fully saturated rings. The number of hydrogen-bond acceptors (Lipinski definition) is 1. The first-order chi connectivity index (χ1) is 6.25. The van der Waals surface area contributed by atoms with Crippen molar-refractivity contribution in [1.82, 2.24) is 0 Å². The quantitative estimate of drug-likeness (QED) is 0.704. The minimum Gasteiger partial charge on any atom is -0.328 e. The Morgan fingerprint density at radius 2 is 2.15 bits per heavy atom. The fourth-order valence-corrected chi connectivity index (χ4v) is 2.08. The molecule has 13 heavy (non-hydrogen) atoms. The fourth-order valence-electron chi connectivity index (χ4n) is 2.08. The molecular formula is C11H14FN. The molecule has 1 aliphatic rings. The van der Waals surface area contributed by atoms with Crippen molar-refractivity contribution in [3.05, 3.63) is 35.6 Å². The van der Waals surface area contributed by atoms with Crippen LogP contribution in [0.3, 0.4) is 0 Å². The zero-order valence-electron chi connectivity index (χ0n) is 7.54. The number of hydrogen-bond donors (Lipinski definition) is 1. The molecule has 0 saturated heterocycles. The average Bonchev–Trinajstić information content (AvgIpc) is 2.52. The standard InChI is InChI=1S/C11H14FN/c12-10-3-1-2-8(6-10)9-4-5-11(13)7-9/h1-3,6,9,11H,4-5,7,13H2/t9-,11+/m0/s1. The van der Waals surface area contributed by atoms with Crippen LogP contribution in [0.15, 0.2) is 24.3 Å². The Morgan fingerprint density at radius 1 is 1.31 bits per heavy atom. The van der Waals surface area contributed by atoms with E-state index < -0.39 is 0 Å². The van der Waals surface area contributed by atoms with Gasteiger partial charge < -0.3 is 5.73 Å². The third kappa shape index (κ3) is 1.89. The predicted molar refractivity (Wildman–Crippen MR) is 51.0 cm³/mol. The molecule has 0 radical (unpaired) electrons. The predicted octanol–water partition coefficient (Wildman–Crippen LogP) is 2.42. The molecule has 2 rings (SSSR count). The summed E-state index contributed by atoms with van der Waals surface area (Å²) in [6, 6.07) is 7.19. The van der Waals surface area contributed by atoms with E-state index in [1.54, 1.807) is 12.1 Å². The highest BCUT2D eigenvalue weighted by Gasteiger charge is 2.22. The first-order valence-electron chi connectivity index (χ1n) is 4.77. The van der Waals surface area contributed by atoms with E-state index in [1.165, 1.54) is 6.07 Å². The van der Waals surface area contributed by atoms with Crippen molar-refractivity contribution in [3.63, 3.8) is 0 Å². The number of halogens is 1. The van der Waals surface area contributed by atoms with E-state index in [-0.39, 0.29) is 5.82 Å². The summed E-state index contributed by atoms with van der Waals surface area (Å²) in [7, 11) is 0. The molecule has 1 aliphatic carbocycles. The highest BCUT2D eigenvalue weighted by atomic mass is 19.1. The second kappa shape index (κ2) is 3.46. The van der Waals surface area contributed by atoms with Gasteiger partial charge in [0, 0.05) is 6.04 Å². The summed E-state index contributed by atoms with van der Waals surface area (Å²) in [5, 5.41) is 0. The maximum atomic E-state index is 12.9. The smallest absolute Gasteiger partial charge is 0.123 e. The summed E-state index contributed by atoms with van der Waals surface area (Å²) in [5.41, 5.74) is 6.91. The van der Waals surface area contributed by atoms with Crippen molar-refractivity contribution in [2.24, 2.45) is 5.73 Å². The first kappa shape index (κ1) is 8.70. The lowest BCUT2D eigenvalue weighted by Crippen LogP contribution is -2.14. The summed E-state index contributed by atoms with van der Waals surface area (Å²) in [4.78, 5) is 0. The molecule has 0 aromatic heterocycles. The number of nitrogens with two attached hydrogens (primary N) is 1. The molecule has 1 aromatic carbocycles. The fraction of sp³-hybridized carbons (Fsp3) is 0.455. The van der Waals surface area contributed by atoms with Crippen molar-refractivity contribution in [1.29, 1.82) is 0 Å². The first-order valence-corrected chi connectivity index (χ1v) is 4.77. The van der Waals surface area contributed by atoms with Crippen LogP contribution in [0.25, 0.3) is 0 Å². The molecule has 0 aliphatic heterocycles. The molecular weight excluding hydrogens is 165 g/mol. The van der Waals surface area contributed by atoms with Gasteiger partial charge in [0.15, 0.2) is 0 Å². The van der Waals surface area contributed by atoms with Gasteiger partial charge in [0.1, 0.15) is 5.82 Å². The molecule has 2 heteroatoms. The molecule has 0 heterocycles. The van der Waals surface area contributed by atoms with Gasteiger partial charge in [-0.1, -0.05) is 12.1 Å². The normalized spacial score (nSPS) is 27.8. The molecule has 2 atom stereocenters. The number of rotatable bonds is 1. The zero-order chi connectivity index (χ0) is 9.26. The van der Waals surface area contributed by atoms with E-state index in [0.29, 0.717) is 12.0 Å². The summed E-state index contributed by atoms with van der Waals surface area (Å²) in [5.74, 6) is 0.337. The Morgan fingerprint density at radius 3 is 2.77 bits per heavy atom. The van der Waals surface area contributed by atoms with Gasteiger partial charge in [-0.15, -0.1) is 0 Å². The van der Waals surface area contributed by atoms with Crippen molar-refractivity contribution in [3.8, 4) is 0 Å². The van der Waals surface area contributed by atoms with Gasteiger partial charge in [0.2, 0.25) is 0 Å². The van der Waals surface area contributed by atoms with Crippen molar-refractivity contribution in [2.45, 2.75) is 31.2 Å². The van der Waals surface area contributed by atoms with Gasteiger partial charge in [0.05, 0.1) is 0 Å². The van der Waals surface area contributed by atoms with Crippen LogP contribution in [0, 0.1) is 5.82 Å². The second-order valence-electron chi connectivity index (χ2n) is 3.83. The van der Waals surface area contributed by atoms with Crippen LogP contribution in [-0.4, -0.2) is 6.04 Å². The zero-order valence-corrected chi connectivity index (χ0v) is 7.54. The Kier molecular flexibility index (Phi) is 2.32. The molecule has 1 aromatic rings. The van der Waals surface area contributed by atoms with Gasteiger partial charge in [0.25, 0.3) is 0 Å². The van der Waals surface area contributed by atoms with Crippen molar-refractivity contribution in [2.75, 3.05) is 0 Å². The van der Waals surface area contributed by atoms with Crippen LogP contribution in [0.2, 0.25) is 0 Å². The Labute approximate surface area is 77.8 Å². The van der Waals surface area contributed by atoms with E-state index >= 15 is 0 Å². The molecule has 0 spiro atoms. The van der Waals surface area contributed by atoms with E-state index in [9.17, 15) is 4.39 Å². The van der Waals surface area contributed by atoms with Gasteiger partial charge in [-0.2, -0.15) is 0 Å². The topological polar surface area (TPSA) is 26.0 Å². The molecule has 1 saturated carbocycles. The molecule has 70 valence electrons. The highest BCUT2D eigenvalue weighted by Crippen LogP contribution is 2.33. The maximum Gasteiger partial charge on any atom is 0.123 e. The Hall–Kier alpha value is -0.890.